The van der Waals surface area contributed by atoms with Crippen molar-refractivity contribution in [2.75, 3.05) is 10.6 Å². The van der Waals surface area contributed by atoms with Gasteiger partial charge in [0.2, 0.25) is 0 Å². The van der Waals surface area contributed by atoms with E-state index >= 15 is 0 Å². The number of benzene rings is 4. The van der Waals surface area contributed by atoms with Gasteiger partial charge in [-0.3, -0.25) is 0 Å². The first-order valence-corrected chi connectivity index (χ1v) is 12.0. The Morgan fingerprint density at radius 1 is 0.441 bits per heavy atom. The summed E-state index contributed by atoms with van der Waals surface area (Å²) in [5.74, 6) is 0. The molecule has 0 aromatic heterocycles. The SMILES string of the molecule is Cc1cccc(C)c1N/C(Cc1ccccc1)=C(/Cc1ccccc1)Nc1c(C)cccc1C. The maximum atomic E-state index is 3.86. The van der Waals surface area contributed by atoms with Crippen LogP contribution >= 0.6 is 0 Å². The first-order valence-electron chi connectivity index (χ1n) is 12.0. The van der Waals surface area contributed by atoms with E-state index in [0.717, 1.165) is 12.8 Å². The molecule has 0 fully saturated rings. The molecular formula is C32H34N2. The molecule has 0 aliphatic rings. The average molecular weight is 447 g/mol. The topological polar surface area (TPSA) is 24.1 Å². The molecule has 0 saturated carbocycles. The Morgan fingerprint density at radius 3 is 1.09 bits per heavy atom. The lowest BCUT2D eigenvalue weighted by molar-refractivity contribution is 1.03. The Kier molecular flexibility index (Phi) is 7.49. The molecule has 0 heterocycles. The quantitative estimate of drug-likeness (QED) is 0.285. The van der Waals surface area contributed by atoms with E-state index in [9.17, 15) is 0 Å². The highest BCUT2D eigenvalue weighted by Gasteiger charge is 2.14. The fraction of sp³-hybridized carbons (Fsp3) is 0.188. The van der Waals surface area contributed by atoms with Gasteiger partial charge in [-0.25, -0.2) is 0 Å². The van der Waals surface area contributed by atoms with Crippen molar-refractivity contribution in [1.82, 2.24) is 0 Å². The summed E-state index contributed by atoms with van der Waals surface area (Å²) in [7, 11) is 0. The zero-order valence-electron chi connectivity index (χ0n) is 20.7. The van der Waals surface area contributed by atoms with Crippen LogP contribution in [0.1, 0.15) is 33.4 Å². The van der Waals surface area contributed by atoms with E-state index in [1.165, 1.54) is 56.1 Å². The third-order valence-corrected chi connectivity index (χ3v) is 6.33. The minimum atomic E-state index is 0.814. The van der Waals surface area contributed by atoms with Crippen LogP contribution < -0.4 is 10.6 Å². The van der Waals surface area contributed by atoms with Crippen molar-refractivity contribution in [3.63, 3.8) is 0 Å². The number of nitrogens with one attached hydrogen (secondary N) is 2. The van der Waals surface area contributed by atoms with E-state index in [2.05, 4.69) is 135 Å². The van der Waals surface area contributed by atoms with Crippen molar-refractivity contribution in [3.8, 4) is 0 Å². The molecule has 4 aromatic rings. The summed E-state index contributed by atoms with van der Waals surface area (Å²) < 4.78 is 0. The van der Waals surface area contributed by atoms with Crippen LogP contribution in [-0.4, -0.2) is 0 Å². The van der Waals surface area contributed by atoms with Gasteiger partial charge in [0, 0.05) is 35.6 Å². The van der Waals surface area contributed by atoms with Gasteiger partial charge in [0.05, 0.1) is 0 Å². The first kappa shape index (κ1) is 23.4. The molecule has 34 heavy (non-hydrogen) atoms. The van der Waals surface area contributed by atoms with Crippen LogP contribution in [0.5, 0.6) is 0 Å². The van der Waals surface area contributed by atoms with E-state index in [1.54, 1.807) is 0 Å². The fourth-order valence-electron chi connectivity index (χ4n) is 4.38. The molecule has 0 aliphatic heterocycles. The van der Waals surface area contributed by atoms with Gasteiger partial charge in [0.15, 0.2) is 0 Å². The standard InChI is InChI=1S/C32H34N2/c1-23-13-11-14-24(2)31(23)33-29(21-27-17-7-5-8-18-27)30(22-28-19-9-6-10-20-28)34-32-25(3)15-12-16-26(32)4/h5-20,33-34H,21-22H2,1-4H3/b30-29-. The van der Waals surface area contributed by atoms with Gasteiger partial charge in [-0.1, -0.05) is 97.1 Å². The smallest absolute Gasteiger partial charge is 0.0441 e. The van der Waals surface area contributed by atoms with E-state index in [4.69, 9.17) is 0 Å². The summed E-state index contributed by atoms with van der Waals surface area (Å²) >= 11 is 0. The van der Waals surface area contributed by atoms with Crippen LogP contribution in [0.2, 0.25) is 0 Å². The van der Waals surface area contributed by atoms with Gasteiger partial charge in [0.1, 0.15) is 0 Å². The van der Waals surface area contributed by atoms with Crippen molar-refractivity contribution in [2.24, 2.45) is 0 Å². The molecule has 4 aromatic carbocycles. The Balaban J connectivity index is 1.85. The van der Waals surface area contributed by atoms with Crippen LogP contribution in [0, 0.1) is 27.7 Å². The van der Waals surface area contributed by atoms with Crippen molar-refractivity contribution in [3.05, 3.63) is 142 Å². The molecule has 0 saturated heterocycles. The molecule has 0 atom stereocenters. The number of aryl methyl sites for hydroxylation is 4. The predicted octanol–water partition coefficient (Wildman–Crippen LogP) is 8.14. The number of allylic oxidation sites excluding steroid dienone is 2. The minimum Gasteiger partial charge on any atom is -0.357 e. The van der Waals surface area contributed by atoms with Gasteiger partial charge < -0.3 is 10.6 Å². The van der Waals surface area contributed by atoms with Crippen molar-refractivity contribution >= 4 is 11.4 Å². The minimum absolute atomic E-state index is 0.814. The highest BCUT2D eigenvalue weighted by Crippen LogP contribution is 2.28. The Bertz CT molecular complexity index is 1130. The number of hydrogen-bond donors (Lipinski definition) is 2. The summed E-state index contributed by atoms with van der Waals surface area (Å²) in [6.45, 7) is 8.69. The van der Waals surface area contributed by atoms with E-state index in [-0.39, 0.29) is 0 Å². The number of rotatable bonds is 8. The van der Waals surface area contributed by atoms with Crippen molar-refractivity contribution in [1.29, 1.82) is 0 Å². The van der Waals surface area contributed by atoms with Gasteiger partial charge in [0.25, 0.3) is 0 Å². The lowest BCUT2D eigenvalue weighted by Gasteiger charge is -2.23. The van der Waals surface area contributed by atoms with Gasteiger partial charge in [-0.2, -0.15) is 0 Å². The molecule has 2 nitrogen and oxygen atoms in total. The van der Waals surface area contributed by atoms with Crippen molar-refractivity contribution in [2.45, 2.75) is 40.5 Å². The largest absolute Gasteiger partial charge is 0.357 e. The molecule has 2 heteroatoms. The van der Waals surface area contributed by atoms with Crippen LogP contribution in [0.25, 0.3) is 0 Å². The maximum absolute atomic E-state index is 3.86. The summed E-state index contributed by atoms with van der Waals surface area (Å²) in [5, 5.41) is 7.72. The lowest BCUT2D eigenvalue weighted by Crippen LogP contribution is -2.16. The van der Waals surface area contributed by atoms with E-state index < -0.39 is 0 Å². The molecular weight excluding hydrogens is 412 g/mol. The second kappa shape index (κ2) is 10.9. The summed E-state index contributed by atoms with van der Waals surface area (Å²) in [6, 6.07) is 34.3. The van der Waals surface area contributed by atoms with Crippen LogP contribution in [-0.2, 0) is 12.8 Å². The van der Waals surface area contributed by atoms with E-state index in [1.807, 2.05) is 0 Å². The normalized spacial score (nSPS) is 11.6. The maximum Gasteiger partial charge on any atom is 0.0441 e. The second-order valence-corrected chi connectivity index (χ2v) is 9.07. The lowest BCUT2D eigenvalue weighted by atomic mass is 10.0. The molecule has 0 amide bonds. The molecule has 4 rings (SSSR count). The number of hydrogen-bond acceptors (Lipinski definition) is 2. The van der Waals surface area contributed by atoms with Crippen LogP contribution in [0.3, 0.4) is 0 Å². The van der Waals surface area contributed by atoms with Crippen LogP contribution in [0.15, 0.2) is 108 Å². The highest BCUT2D eigenvalue weighted by molar-refractivity contribution is 5.64. The predicted molar refractivity (Wildman–Crippen MR) is 146 cm³/mol. The molecule has 0 bridgehead atoms. The Labute approximate surface area is 204 Å². The summed E-state index contributed by atoms with van der Waals surface area (Å²) in [4.78, 5) is 0. The van der Waals surface area contributed by atoms with E-state index in [0.29, 0.717) is 0 Å². The monoisotopic (exact) mass is 446 g/mol. The number of anilines is 2. The zero-order valence-corrected chi connectivity index (χ0v) is 20.7. The average Bonchev–Trinajstić information content (AvgIpc) is 2.84. The van der Waals surface area contributed by atoms with Crippen LogP contribution in [0.4, 0.5) is 11.4 Å². The van der Waals surface area contributed by atoms with Crippen molar-refractivity contribution < 1.29 is 0 Å². The first-order chi connectivity index (χ1) is 16.5. The zero-order chi connectivity index (χ0) is 23.9. The summed E-state index contributed by atoms with van der Waals surface area (Å²) in [6.07, 6.45) is 1.63. The third kappa shape index (κ3) is 5.77. The fourth-order valence-corrected chi connectivity index (χ4v) is 4.38. The number of para-hydroxylation sites is 2. The van der Waals surface area contributed by atoms with Gasteiger partial charge >= 0.3 is 0 Å². The highest BCUT2D eigenvalue weighted by atomic mass is 15.0. The Hall–Kier alpha value is -3.78. The Morgan fingerprint density at radius 2 is 0.765 bits per heavy atom. The third-order valence-electron chi connectivity index (χ3n) is 6.33. The molecule has 172 valence electrons. The molecule has 0 radical (unpaired) electrons. The molecule has 0 spiro atoms. The molecule has 0 unspecified atom stereocenters. The summed E-state index contributed by atoms with van der Waals surface area (Å²) in [5.41, 5.74) is 12.3. The molecule has 2 N–H and O–H groups in total. The second-order valence-electron chi connectivity index (χ2n) is 9.07. The van der Waals surface area contributed by atoms with Gasteiger partial charge in [-0.15, -0.1) is 0 Å². The molecule has 0 aliphatic carbocycles. The van der Waals surface area contributed by atoms with Gasteiger partial charge in [-0.05, 0) is 61.1 Å².